The maximum atomic E-state index is 12.8. The minimum absolute atomic E-state index is 0. The third-order valence-electron chi connectivity index (χ3n) is 4.28. The lowest BCUT2D eigenvalue weighted by atomic mass is 10.1. The van der Waals surface area contributed by atoms with Crippen molar-refractivity contribution in [1.29, 1.82) is 0 Å². The Morgan fingerprint density at radius 2 is 2.19 bits per heavy atom. The number of carbonyl (C=O) groups is 1. The number of likely N-dealkylation sites (N-methyl/N-ethyl adjacent to an activating group) is 1. The van der Waals surface area contributed by atoms with Gasteiger partial charge in [-0.15, -0.1) is 24.8 Å². The summed E-state index contributed by atoms with van der Waals surface area (Å²) >= 11 is 0. The molecule has 0 saturated carbocycles. The second-order valence-corrected chi connectivity index (χ2v) is 5.78. The van der Waals surface area contributed by atoms with Crippen LogP contribution in [0.15, 0.2) is 36.9 Å². The summed E-state index contributed by atoms with van der Waals surface area (Å²) in [5.41, 5.74) is 0.624. The van der Waals surface area contributed by atoms with Gasteiger partial charge < -0.3 is 14.8 Å². The number of aromatic nitrogens is 2. The van der Waals surface area contributed by atoms with Gasteiger partial charge in [0.2, 0.25) is 0 Å². The van der Waals surface area contributed by atoms with E-state index < -0.39 is 4.92 Å². The molecule has 142 valence electrons. The Morgan fingerprint density at radius 3 is 2.81 bits per heavy atom. The highest BCUT2D eigenvalue weighted by atomic mass is 35.5. The Bertz CT molecular complexity index is 754. The van der Waals surface area contributed by atoms with Gasteiger partial charge in [-0.3, -0.25) is 14.9 Å². The highest BCUT2D eigenvalue weighted by Gasteiger charge is 2.30. The van der Waals surface area contributed by atoms with Crippen molar-refractivity contribution in [3.8, 4) is 5.69 Å². The SMILES string of the molecule is CNCC1CCCN1C(=O)c1ccc(-n2ccnc2)c([N+](=O)[O-])c1.Cl.Cl. The summed E-state index contributed by atoms with van der Waals surface area (Å²) in [5, 5.41) is 14.5. The molecule has 1 aliphatic rings. The standard InChI is InChI=1S/C16H19N5O3.2ClH/c1-17-10-13-3-2-7-20(13)16(22)12-4-5-14(15(9-12)21(23)24)19-8-6-18-11-19;;/h4-6,8-9,11,13,17H,2-3,7,10H2,1H3;2*1H. The summed E-state index contributed by atoms with van der Waals surface area (Å²) in [7, 11) is 1.85. The number of likely N-dealkylation sites (tertiary alicyclic amines) is 1. The summed E-state index contributed by atoms with van der Waals surface area (Å²) in [4.78, 5) is 29.4. The minimum Gasteiger partial charge on any atom is -0.334 e. The molecule has 0 bridgehead atoms. The molecule has 1 aromatic carbocycles. The zero-order chi connectivity index (χ0) is 17.1. The maximum absolute atomic E-state index is 12.8. The second-order valence-electron chi connectivity index (χ2n) is 5.78. The third-order valence-corrected chi connectivity index (χ3v) is 4.28. The van der Waals surface area contributed by atoms with Crippen molar-refractivity contribution in [2.75, 3.05) is 20.1 Å². The first-order chi connectivity index (χ1) is 11.6. The van der Waals surface area contributed by atoms with Gasteiger partial charge in [0.1, 0.15) is 5.69 Å². The van der Waals surface area contributed by atoms with E-state index in [0.717, 1.165) is 19.4 Å². The molecule has 2 aromatic rings. The molecule has 1 atom stereocenters. The van der Waals surface area contributed by atoms with Crippen LogP contribution in [0.2, 0.25) is 0 Å². The topological polar surface area (TPSA) is 93.3 Å². The Kier molecular flexibility index (Phi) is 8.01. The van der Waals surface area contributed by atoms with Gasteiger partial charge in [0.15, 0.2) is 0 Å². The summed E-state index contributed by atoms with van der Waals surface area (Å²) in [5.74, 6) is -0.159. The number of nitro benzene ring substituents is 1. The largest absolute Gasteiger partial charge is 0.334 e. The van der Waals surface area contributed by atoms with E-state index in [2.05, 4.69) is 10.3 Å². The van der Waals surface area contributed by atoms with Crippen molar-refractivity contribution in [1.82, 2.24) is 19.8 Å². The minimum atomic E-state index is -0.471. The number of hydrogen-bond donors (Lipinski definition) is 1. The van der Waals surface area contributed by atoms with Gasteiger partial charge in [-0.05, 0) is 32.0 Å². The zero-order valence-corrected chi connectivity index (χ0v) is 15.8. The van der Waals surface area contributed by atoms with E-state index in [9.17, 15) is 14.9 Å². The second kappa shape index (κ2) is 9.51. The summed E-state index contributed by atoms with van der Waals surface area (Å²) < 4.78 is 1.56. The van der Waals surface area contributed by atoms with Crippen molar-refractivity contribution in [3.63, 3.8) is 0 Å². The van der Waals surface area contributed by atoms with E-state index in [1.807, 2.05) is 7.05 Å². The fourth-order valence-corrected chi connectivity index (χ4v) is 3.14. The third kappa shape index (κ3) is 4.32. The predicted octanol–water partition coefficient (Wildman–Crippen LogP) is 2.45. The van der Waals surface area contributed by atoms with Crippen molar-refractivity contribution in [3.05, 3.63) is 52.6 Å². The molecule has 0 aliphatic carbocycles. The van der Waals surface area contributed by atoms with Crippen LogP contribution in [0.3, 0.4) is 0 Å². The molecule has 1 saturated heterocycles. The van der Waals surface area contributed by atoms with Crippen LogP contribution in [0.1, 0.15) is 23.2 Å². The molecular formula is C16H21Cl2N5O3. The lowest BCUT2D eigenvalue weighted by molar-refractivity contribution is -0.384. The Hall–Kier alpha value is -2.16. The van der Waals surface area contributed by atoms with E-state index in [-0.39, 0.29) is 42.5 Å². The van der Waals surface area contributed by atoms with E-state index >= 15 is 0 Å². The number of halogens is 2. The van der Waals surface area contributed by atoms with Crippen LogP contribution >= 0.6 is 24.8 Å². The average molecular weight is 402 g/mol. The Balaban J connectivity index is 0.00000169. The lowest BCUT2D eigenvalue weighted by Gasteiger charge is -2.24. The van der Waals surface area contributed by atoms with E-state index in [0.29, 0.717) is 17.8 Å². The van der Waals surface area contributed by atoms with Crippen LogP contribution in [0.5, 0.6) is 0 Å². The van der Waals surface area contributed by atoms with Gasteiger partial charge in [0, 0.05) is 43.2 Å². The van der Waals surface area contributed by atoms with Gasteiger partial charge >= 0.3 is 0 Å². The molecule has 26 heavy (non-hydrogen) atoms. The van der Waals surface area contributed by atoms with Crippen LogP contribution in [0.25, 0.3) is 5.69 Å². The molecule has 1 aliphatic heterocycles. The Morgan fingerprint density at radius 1 is 1.42 bits per heavy atom. The smallest absolute Gasteiger partial charge is 0.294 e. The first kappa shape index (κ1) is 21.9. The van der Waals surface area contributed by atoms with Gasteiger partial charge in [-0.2, -0.15) is 0 Å². The molecule has 1 amide bonds. The highest BCUT2D eigenvalue weighted by molar-refractivity contribution is 5.95. The molecule has 1 unspecified atom stereocenters. The molecule has 0 spiro atoms. The number of hydrogen-bond acceptors (Lipinski definition) is 5. The van der Waals surface area contributed by atoms with Crippen molar-refractivity contribution < 1.29 is 9.72 Å². The molecule has 8 nitrogen and oxygen atoms in total. The average Bonchev–Trinajstić information content (AvgIpc) is 3.25. The number of nitro groups is 1. The number of nitrogens with one attached hydrogen (secondary N) is 1. The van der Waals surface area contributed by atoms with Gasteiger partial charge in [0.25, 0.3) is 11.6 Å². The molecule has 1 fully saturated rings. The van der Waals surface area contributed by atoms with Crippen LogP contribution in [-0.2, 0) is 0 Å². The first-order valence-electron chi connectivity index (χ1n) is 7.84. The molecule has 2 heterocycles. The van der Waals surface area contributed by atoms with Crippen molar-refractivity contribution in [2.24, 2.45) is 0 Å². The fraction of sp³-hybridized carbons (Fsp3) is 0.375. The first-order valence-corrected chi connectivity index (χ1v) is 7.84. The zero-order valence-electron chi connectivity index (χ0n) is 14.2. The van der Waals surface area contributed by atoms with E-state index in [4.69, 9.17) is 0 Å². The van der Waals surface area contributed by atoms with Crippen molar-refractivity contribution >= 4 is 36.4 Å². The summed E-state index contributed by atoms with van der Waals surface area (Å²) in [6.07, 6.45) is 6.57. The van der Waals surface area contributed by atoms with Crippen LogP contribution in [0.4, 0.5) is 5.69 Å². The predicted molar refractivity (Wildman–Crippen MR) is 103 cm³/mol. The van der Waals surface area contributed by atoms with Crippen LogP contribution in [-0.4, -0.2) is 51.5 Å². The molecule has 0 radical (unpaired) electrons. The van der Waals surface area contributed by atoms with Crippen molar-refractivity contribution in [2.45, 2.75) is 18.9 Å². The Labute approximate surface area is 163 Å². The monoisotopic (exact) mass is 401 g/mol. The molecular weight excluding hydrogens is 381 g/mol. The molecule has 3 rings (SSSR count). The van der Waals surface area contributed by atoms with Crippen LogP contribution < -0.4 is 5.32 Å². The number of rotatable bonds is 5. The maximum Gasteiger partial charge on any atom is 0.294 e. The lowest BCUT2D eigenvalue weighted by Crippen LogP contribution is -2.40. The number of benzene rings is 1. The highest BCUT2D eigenvalue weighted by Crippen LogP contribution is 2.26. The van der Waals surface area contributed by atoms with E-state index in [1.165, 1.54) is 12.4 Å². The van der Waals surface area contributed by atoms with Gasteiger partial charge in [0.05, 0.1) is 11.3 Å². The number of carbonyl (C=O) groups excluding carboxylic acids is 1. The molecule has 1 aromatic heterocycles. The molecule has 10 heteroatoms. The van der Waals surface area contributed by atoms with E-state index in [1.54, 1.807) is 34.0 Å². The summed E-state index contributed by atoms with van der Waals surface area (Å²) in [6, 6.07) is 4.72. The summed E-state index contributed by atoms with van der Waals surface area (Å²) in [6.45, 7) is 1.41. The normalized spacial score (nSPS) is 15.9. The van der Waals surface area contributed by atoms with Crippen LogP contribution in [0, 0.1) is 10.1 Å². The number of amides is 1. The fourth-order valence-electron chi connectivity index (χ4n) is 3.14. The molecule has 1 N–H and O–H groups in total. The van der Waals surface area contributed by atoms with Gasteiger partial charge in [-0.25, -0.2) is 4.98 Å². The number of imidazole rings is 1. The number of nitrogens with zero attached hydrogens (tertiary/aromatic N) is 4. The van der Waals surface area contributed by atoms with Gasteiger partial charge in [-0.1, -0.05) is 0 Å². The quantitative estimate of drug-likeness (QED) is 0.613.